The minimum atomic E-state index is -4.38. The predicted octanol–water partition coefficient (Wildman–Crippen LogP) is 3.92. The van der Waals surface area contributed by atoms with Gasteiger partial charge in [-0.15, -0.1) is 0 Å². The molecule has 2 aromatic rings. The monoisotopic (exact) mass is 432 g/mol. The van der Waals surface area contributed by atoms with Crippen LogP contribution in [0, 0.1) is 11.3 Å². The highest BCUT2D eigenvalue weighted by Crippen LogP contribution is 2.21. The summed E-state index contributed by atoms with van der Waals surface area (Å²) in [5.74, 6) is 0.123. The van der Waals surface area contributed by atoms with Crippen LogP contribution in [0.2, 0.25) is 0 Å². The van der Waals surface area contributed by atoms with Crippen molar-refractivity contribution in [3.8, 4) is 11.8 Å². The topological polar surface area (TPSA) is 68.6 Å². The lowest BCUT2D eigenvalue weighted by molar-refractivity contribution is -0.153. The lowest BCUT2D eigenvalue weighted by Crippen LogP contribution is -2.41. The van der Waals surface area contributed by atoms with Crippen molar-refractivity contribution in [1.82, 2.24) is 10.2 Å². The molecule has 0 aliphatic carbocycles. The number of nitrogens with zero attached hydrogens (tertiary/aromatic N) is 3. The third-order valence-corrected chi connectivity index (χ3v) is 4.92. The lowest BCUT2D eigenvalue weighted by Gasteiger charge is -2.24. The van der Waals surface area contributed by atoms with Gasteiger partial charge in [-0.05, 0) is 36.2 Å². The summed E-state index contributed by atoms with van der Waals surface area (Å²) in [4.78, 5) is 16.4. The molecule has 1 fully saturated rings. The van der Waals surface area contributed by atoms with Gasteiger partial charge in [0.2, 0.25) is 0 Å². The summed E-state index contributed by atoms with van der Waals surface area (Å²) in [6.07, 6.45) is -3.61. The molecule has 1 heterocycles. The largest absolute Gasteiger partial charge is 0.484 e. The number of hydrogen-bond acceptors (Lipinski definition) is 4. The van der Waals surface area contributed by atoms with E-state index in [1.165, 1.54) is 12.1 Å². The number of alkyl halides is 3. The maximum Gasteiger partial charge on any atom is 0.422 e. The molecule has 9 heteroatoms. The van der Waals surface area contributed by atoms with E-state index in [0.717, 1.165) is 24.2 Å². The second-order valence-corrected chi connectivity index (χ2v) is 7.16. The van der Waals surface area contributed by atoms with Gasteiger partial charge in [0.05, 0.1) is 11.3 Å². The summed E-state index contributed by atoms with van der Waals surface area (Å²) in [7, 11) is 0. The zero-order valence-corrected chi connectivity index (χ0v) is 16.9. The van der Waals surface area contributed by atoms with E-state index in [0.29, 0.717) is 25.2 Å². The van der Waals surface area contributed by atoms with Gasteiger partial charge in [0.25, 0.3) is 0 Å². The molecular weight excluding hydrogens is 409 g/mol. The molecule has 2 aromatic carbocycles. The number of hydrogen-bond donors (Lipinski definition) is 1. The van der Waals surface area contributed by atoms with Crippen LogP contribution in [0.3, 0.4) is 0 Å². The minimum Gasteiger partial charge on any atom is -0.484 e. The highest BCUT2D eigenvalue weighted by molar-refractivity contribution is 5.74. The average molecular weight is 432 g/mol. The highest BCUT2D eigenvalue weighted by atomic mass is 19.4. The quantitative estimate of drug-likeness (QED) is 0.778. The molecule has 0 radical (unpaired) electrons. The molecule has 31 heavy (non-hydrogen) atoms. The molecule has 0 bridgehead atoms. The van der Waals surface area contributed by atoms with E-state index >= 15 is 0 Å². The minimum absolute atomic E-state index is 0.123. The number of rotatable bonds is 5. The van der Waals surface area contributed by atoms with Crippen LogP contribution < -0.4 is 15.0 Å². The molecule has 1 aliphatic heterocycles. The van der Waals surface area contributed by atoms with E-state index in [-0.39, 0.29) is 18.3 Å². The number of nitrogens with one attached hydrogen (secondary N) is 1. The van der Waals surface area contributed by atoms with Gasteiger partial charge in [-0.2, -0.15) is 18.4 Å². The zero-order chi connectivity index (χ0) is 22.3. The third-order valence-electron chi connectivity index (χ3n) is 4.92. The Hall–Kier alpha value is -3.41. The second-order valence-electron chi connectivity index (χ2n) is 7.16. The first-order valence-corrected chi connectivity index (χ1v) is 9.91. The first-order chi connectivity index (χ1) is 14.9. The Morgan fingerprint density at radius 1 is 1.06 bits per heavy atom. The molecular formula is C22H23F3N4O2. The van der Waals surface area contributed by atoms with Gasteiger partial charge < -0.3 is 19.9 Å². The van der Waals surface area contributed by atoms with Crippen molar-refractivity contribution in [3.63, 3.8) is 0 Å². The molecule has 2 amide bonds. The highest BCUT2D eigenvalue weighted by Gasteiger charge is 2.28. The van der Waals surface area contributed by atoms with E-state index in [9.17, 15) is 23.2 Å². The molecule has 0 spiro atoms. The Morgan fingerprint density at radius 2 is 1.81 bits per heavy atom. The maximum absolute atomic E-state index is 12.6. The number of halogens is 3. The molecule has 6 nitrogen and oxygen atoms in total. The van der Waals surface area contributed by atoms with E-state index in [1.54, 1.807) is 23.1 Å². The number of carbonyl (C=O) groups is 1. The lowest BCUT2D eigenvalue weighted by atomic mass is 10.1. The molecule has 3 rings (SSSR count). The summed E-state index contributed by atoms with van der Waals surface area (Å²) < 4.78 is 41.3. The normalized spacial score (nSPS) is 14.5. The third kappa shape index (κ3) is 6.54. The Morgan fingerprint density at radius 3 is 2.52 bits per heavy atom. The number of benzene rings is 2. The fraction of sp³-hybridized carbons (Fsp3) is 0.364. The van der Waals surface area contributed by atoms with Gasteiger partial charge in [0.1, 0.15) is 11.8 Å². The van der Waals surface area contributed by atoms with Crippen LogP contribution in [0.25, 0.3) is 0 Å². The first kappa shape index (κ1) is 22.3. The van der Waals surface area contributed by atoms with Gasteiger partial charge in [0.15, 0.2) is 6.61 Å². The van der Waals surface area contributed by atoms with Gasteiger partial charge in [-0.3, -0.25) is 0 Å². The number of carbonyl (C=O) groups excluding carboxylic acids is 1. The van der Waals surface area contributed by atoms with Crippen molar-refractivity contribution in [3.05, 3.63) is 59.7 Å². The molecule has 164 valence electrons. The van der Waals surface area contributed by atoms with E-state index in [2.05, 4.69) is 21.0 Å². The molecule has 0 saturated carbocycles. The summed E-state index contributed by atoms with van der Waals surface area (Å²) in [5, 5.41) is 12.2. The van der Waals surface area contributed by atoms with Crippen molar-refractivity contribution >= 4 is 11.7 Å². The number of urea groups is 1. The Bertz CT molecular complexity index is 926. The van der Waals surface area contributed by atoms with Crippen molar-refractivity contribution in [1.29, 1.82) is 5.26 Å². The Balaban J connectivity index is 1.49. The van der Waals surface area contributed by atoms with Gasteiger partial charge >= 0.3 is 12.2 Å². The van der Waals surface area contributed by atoms with E-state index in [4.69, 9.17) is 0 Å². The van der Waals surface area contributed by atoms with Crippen molar-refractivity contribution < 1.29 is 22.7 Å². The molecule has 0 unspecified atom stereocenters. The van der Waals surface area contributed by atoms with Crippen LogP contribution in [0.5, 0.6) is 5.75 Å². The van der Waals surface area contributed by atoms with Crippen LogP contribution in [0.4, 0.5) is 23.7 Å². The average Bonchev–Trinajstić information content (AvgIpc) is 3.02. The van der Waals surface area contributed by atoms with Crippen LogP contribution in [-0.2, 0) is 6.54 Å². The number of amides is 2. The van der Waals surface area contributed by atoms with Gasteiger partial charge in [0, 0.05) is 32.7 Å². The molecule has 1 N–H and O–H groups in total. The number of nitriles is 1. The van der Waals surface area contributed by atoms with Crippen LogP contribution in [-0.4, -0.2) is 49.9 Å². The summed E-state index contributed by atoms with van der Waals surface area (Å²) >= 11 is 0. The van der Waals surface area contributed by atoms with Crippen molar-refractivity contribution in [2.75, 3.05) is 37.7 Å². The van der Waals surface area contributed by atoms with Crippen molar-refractivity contribution in [2.45, 2.75) is 19.1 Å². The number of anilines is 1. The van der Waals surface area contributed by atoms with Crippen LogP contribution in [0.1, 0.15) is 17.5 Å². The zero-order valence-electron chi connectivity index (χ0n) is 16.9. The van der Waals surface area contributed by atoms with Crippen LogP contribution in [0.15, 0.2) is 48.5 Å². The smallest absolute Gasteiger partial charge is 0.422 e. The molecule has 0 atom stereocenters. The van der Waals surface area contributed by atoms with E-state index in [1.807, 2.05) is 18.2 Å². The molecule has 1 saturated heterocycles. The standard InChI is InChI=1S/C22H23F3N4O2/c23-22(24,25)16-31-19-8-6-17(7-9-19)15-27-21(30)29-11-3-10-28(12-13-29)20-5-2-1-4-18(20)14-26/h1-2,4-9H,3,10-13,15-16H2,(H,27,30). The first-order valence-electron chi connectivity index (χ1n) is 9.91. The summed E-state index contributed by atoms with van der Waals surface area (Å²) in [6.45, 7) is 1.42. The summed E-state index contributed by atoms with van der Waals surface area (Å²) in [5.41, 5.74) is 2.25. The van der Waals surface area contributed by atoms with E-state index < -0.39 is 12.8 Å². The number of para-hydroxylation sites is 1. The Labute approximate surface area is 178 Å². The van der Waals surface area contributed by atoms with Gasteiger partial charge in [-0.25, -0.2) is 4.79 Å². The van der Waals surface area contributed by atoms with Gasteiger partial charge in [-0.1, -0.05) is 24.3 Å². The molecule has 1 aliphatic rings. The van der Waals surface area contributed by atoms with Crippen molar-refractivity contribution in [2.24, 2.45) is 0 Å². The maximum atomic E-state index is 12.6. The fourth-order valence-electron chi connectivity index (χ4n) is 3.36. The predicted molar refractivity (Wildman–Crippen MR) is 110 cm³/mol. The summed E-state index contributed by atoms with van der Waals surface area (Å²) in [6, 6.07) is 15.6. The molecule has 0 aromatic heterocycles. The fourth-order valence-corrected chi connectivity index (χ4v) is 3.36. The second kappa shape index (κ2) is 10.1. The Kier molecular flexibility index (Phi) is 7.23. The SMILES string of the molecule is N#Cc1ccccc1N1CCCN(C(=O)NCc2ccc(OCC(F)(F)F)cc2)CC1. The number of ether oxygens (including phenoxy) is 1. The van der Waals surface area contributed by atoms with Crippen LogP contribution >= 0.6 is 0 Å².